The van der Waals surface area contributed by atoms with Gasteiger partial charge in [0.25, 0.3) is 5.91 Å². The molecular weight excluding hydrogens is 385 g/mol. The molecule has 3 N–H and O–H groups in total. The molecule has 1 aliphatic carbocycles. The van der Waals surface area contributed by atoms with Crippen molar-refractivity contribution in [3.05, 3.63) is 84.2 Å². The van der Waals surface area contributed by atoms with Crippen LogP contribution in [0.15, 0.2) is 72.8 Å². The third-order valence-electron chi connectivity index (χ3n) is 4.46. The molecular formula is C23H20FN3O3. The van der Waals surface area contributed by atoms with E-state index in [1.807, 2.05) is 0 Å². The maximum atomic E-state index is 13.2. The van der Waals surface area contributed by atoms with Crippen LogP contribution in [0.5, 0.6) is 11.5 Å². The fraction of sp³-hybridized carbons (Fsp3) is 0.130. The molecule has 0 spiro atoms. The Kier molecular flexibility index (Phi) is 5.61. The lowest BCUT2D eigenvalue weighted by Crippen LogP contribution is -2.30. The van der Waals surface area contributed by atoms with E-state index < -0.39 is 0 Å². The summed E-state index contributed by atoms with van der Waals surface area (Å²) in [5, 5.41) is 8.38. The average Bonchev–Trinajstić information content (AvgIpc) is 3.54. The molecule has 1 saturated carbocycles. The zero-order valence-electron chi connectivity index (χ0n) is 16.0. The predicted molar refractivity (Wildman–Crippen MR) is 112 cm³/mol. The Bertz CT molecular complexity index is 1050. The molecule has 30 heavy (non-hydrogen) atoms. The molecule has 3 aromatic carbocycles. The third-order valence-corrected chi connectivity index (χ3v) is 4.46. The summed E-state index contributed by atoms with van der Waals surface area (Å²) in [6, 6.07) is 19.3. The van der Waals surface area contributed by atoms with Crippen molar-refractivity contribution in [1.29, 1.82) is 0 Å². The number of benzene rings is 3. The Balaban J connectivity index is 1.32. The average molecular weight is 405 g/mol. The zero-order chi connectivity index (χ0) is 20.9. The largest absolute Gasteiger partial charge is 0.457 e. The van der Waals surface area contributed by atoms with Crippen LogP contribution in [0.3, 0.4) is 0 Å². The minimum atomic E-state index is -0.374. The van der Waals surface area contributed by atoms with Crippen LogP contribution in [-0.4, -0.2) is 18.0 Å². The number of anilines is 2. The van der Waals surface area contributed by atoms with Crippen molar-refractivity contribution in [3.63, 3.8) is 0 Å². The molecule has 0 saturated heterocycles. The molecule has 4 rings (SSSR count). The number of amides is 3. The summed E-state index contributed by atoms with van der Waals surface area (Å²) >= 11 is 0. The minimum Gasteiger partial charge on any atom is -0.457 e. The lowest BCUT2D eigenvalue weighted by molar-refractivity contribution is 0.102. The van der Waals surface area contributed by atoms with Crippen molar-refractivity contribution in [1.82, 2.24) is 5.32 Å². The van der Waals surface area contributed by atoms with E-state index in [1.165, 1.54) is 12.1 Å². The highest BCUT2D eigenvalue weighted by molar-refractivity contribution is 6.04. The number of ether oxygens (including phenoxy) is 1. The van der Waals surface area contributed by atoms with Gasteiger partial charge in [-0.05, 0) is 73.5 Å². The Morgan fingerprint density at radius 3 is 2.17 bits per heavy atom. The highest BCUT2D eigenvalue weighted by atomic mass is 19.1. The van der Waals surface area contributed by atoms with E-state index in [4.69, 9.17) is 4.74 Å². The first kappa shape index (κ1) is 19.4. The SMILES string of the molecule is O=C(Nc1ccc(C(=O)Nc2ccc(Oc3cccc(F)c3)cc2)cc1)NC1CC1. The van der Waals surface area contributed by atoms with Crippen LogP contribution >= 0.6 is 0 Å². The Morgan fingerprint density at radius 2 is 1.50 bits per heavy atom. The summed E-state index contributed by atoms with van der Waals surface area (Å²) in [7, 11) is 0. The van der Waals surface area contributed by atoms with Crippen LogP contribution in [0.2, 0.25) is 0 Å². The van der Waals surface area contributed by atoms with Gasteiger partial charge in [-0.3, -0.25) is 4.79 Å². The molecule has 152 valence electrons. The van der Waals surface area contributed by atoms with Crippen LogP contribution in [0, 0.1) is 5.82 Å². The van der Waals surface area contributed by atoms with Gasteiger partial charge in [0.15, 0.2) is 0 Å². The topological polar surface area (TPSA) is 79.5 Å². The normalized spacial score (nSPS) is 12.7. The lowest BCUT2D eigenvalue weighted by Gasteiger charge is -2.09. The molecule has 0 aromatic heterocycles. The standard InChI is InChI=1S/C23H20FN3O3/c24-16-2-1-3-21(14-16)30-20-12-10-17(11-13-20)25-22(28)15-4-6-18(7-5-15)26-23(29)27-19-8-9-19/h1-7,10-14,19H,8-9H2,(H,25,28)(H2,26,27,29). The van der Waals surface area contributed by atoms with Crippen molar-refractivity contribution < 1.29 is 18.7 Å². The van der Waals surface area contributed by atoms with E-state index in [0.717, 1.165) is 12.8 Å². The number of carbonyl (C=O) groups is 2. The second kappa shape index (κ2) is 8.65. The van der Waals surface area contributed by atoms with Crippen LogP contribution in [0.1, 0.15) is 23.2 Å². The summed E-state index contributed by atoms with van der Waals surface area (Å²) in [5.41, 5.74) is 1.67. The van der Waals surface area contributed by atoms with Crippen molar-refractivity contribution in [2.45, 2.75) is 18.9 Å². The first-order valence-corrected chi connectivity index (χ1v) is 9.57. The molecule has 1 aliphatic rings. The van der Waals surface area contributed by atoms with E-state index in [1.54, 1.807) is 60.7 Å². The van der Waals surface area contributed by atoms with E-state index in [0.29, 0.717) is 28.4 Å². The number of urea groups is 1. The van der Waals surface area contributed by atoms with Crippen LogP contribution in [0.4, 0.5) is 20.6 Å². The Morgan fingerprint density at radius 1 is 0.833 bits per heavy atom. The maximum Gasteiger partial charge on any atom is 0.319 e. The summed E-state index contributed by atoms with van der Waals surface area (Å²) < 4.78 is 18.8. The lowest BCUT2D eigenvalue weighted by atomic mass is 10.2. The first-order valence-electron chi connectivity index (χ1n) is 9.57. The molecule has 6 nitrogen and oxygen atoms in total. The molecule has 0 heterocycles. The van der Waals surface area contributed by atoms with Crippen LogP contribution in [-0.2, 0) is 0 Å². The van der Waals surface area contributed by atoms with Gasteiger partial charge in [-0.15, -0.1) is 0 Å². The van der Waals surface area contributed by atoms with Gasteiger partial charge in [0.1, 0.15) is 17.3 Å². The summed E-state index contributed by atoms with van der Waals surface area (Å²) in [5.74, 6) is 0.272. The van der Waals surface area contributed by atoms with Gasteiger partial charge in [0.05, 0.1) is 0 Å². The molecule has 0 aliphatic heterocycles. The summed E-state index contributed by atoms with van der Waals surface area (Å²) in [6.07, 6.45) is 2.04. The monoisotopic (exact) mass is 405 g/mol. The highest BCUT2D eigenvalue weighted by Gasteiger charge is 2.23. The second-order valence-electron chi connectivity index (χ2n) is 6.99. The van der Waals surface area contributed by atoms with E-state index in [2.05, 4.69) is 16.0 Å². The van der Waals surface area contributed by atoms with E-state index >= 15 is 0 Å². The number of hydrogen-bond acceptors (Lipinski definition) is 3. The summed E-state index contributed by atoms with van der Waals surface area (Å²) in [4.78, 5) is 24.2. The first-order chi connectivity index (χ1) is 14.5. The predicted octanol–water partition coefficient (Wildman–Crippen LogP) is 5.15. The van der Waals surface area contributed by atoms with Gasteiger partial charge < -0.3 is 20.7 Å². The maximum absolute atomic E-state index is 13.2. The van der Waals surface area contributed by atoms with Crippen molar-refractivity contribution in [3.8, 4) is 11.5 Å². The molecule has 7 heteroatoms. The van der Waals surface area contributed by atoms with Gasteiger partial charge in [0.2, 0.25) is 0 Å². The van der Waals surface area contributed by atoms with Gasteiger partial charge >= 0.3 is 6.03 Å². The fourth-order valence-electron chi connectivity index (χ4n) is 2.76. The molecule has 0 atom stereocenters. The second-order valence-corrected chi connectivity index (χ2v) is 6.99. The Labute approximate surface area is 173 Å². The molecule has 0 bridgehead atoms. The summed E-state index contributed by atoms with van der Waals surface area (Å²) in [6.45, 7) is 0. The van der Waals surface area contributed by atoms with E-state index in [9.17, 15) is 14.0 Å². The number of rotatable bonds is 6. The smallest absolute Gasteiger partial charge is 0.319 e. The number of hydrogen-bond donors (Lipinski definition) is 3. The number of carbonyl (C=O) groups excluding carboxylic acids is 2. The van der Waals surface area contributed by atoms with Crippen molar-refractivity contribution in [2.75, 3.05) is 10.6 Å². The fourth-order valence-corrected chi connectivity index (χ4v) is 2.76. The Hall–Kier alpha value is -3.87. The zero-order valence-corrected chi connectivity index (χ0v) is 16.0. The highest BCUT2D eigenvalue weighted by Crippen LogP contribution is 2.24. The molecule has 0 unspecified atom stereocenters. The van der Waals surface area contributed by atoms with E-state index in [-0.39, 0.29) is 23.8 Å². The molecule has 1 fully saturated rings. The van der Waals surface area contributed by atoms with Gasteiger partial charge in [-0.1, -0.05) is 6.07 Å². The molecule has 3 amide bonds. The quantitative estimate of drug-likeness (QED) is 0.530. The number of nitrogens with one attached hydrogen (secondary N) is 3. The van der Waals surface area contributed by atoms with Crippen molar-refractivity contribution in [2.24, 2.45) is 0 Å². The number of halogens is 1. The molecule has 3 aromatic rings. The molecule has 0 radical (unpaired) electrons. The van der Waals surface area contributed by atoms with Gasteiger partial charge in [-0.25, -0.2) is 9.18 Å². The van der Waals surface area contributed by atoms with Gasteiger partial charge in [-0.2, -0.15) is 0 Å². The third kappa shape index (κ3) is 5.35. The minimum absolute atomic E-state index is 0.241. The van der Waals surface area contributed by atoms with Crippen LogP contribution < -0.4 is 20.7 Å². The van der Waals surface area contributed by atoms with Crippen LogP contribution in [0.25, 0.3) is 0 Å². The van der Waals surface area contributed by atoms with Crippen molar-refractivity contribution >= 4 is 23.3 Å². The van der Waals surface area contributed by atoms with Gasteiger partial charge in [0, 0.05) is 29.0 Å².